The van der Waals surface area contributed by atoms with Crippen LogP contribution >= 0.6 is 15.9 Å². The molecular weight excluding hydrogens is 1300 g/mol. The number of hydrogen-bond donors (Lipinski definition) is 25. The number of aliphatic hydroxyl groups excluding tert-OH is 15. The molecule has 1 unspecified atom stereocenters. The van der Waals surface area contributed by atoms with Gasteiger partial charge in [0.05, 0.1) is 37.4 Å². The van der Waals surface area contributed by atoms with Crippen molar-refractivity contribution in [3.8, 4) is 5.75 Å². The van der Waals surface area contributed by atoms with Gasteiger partial charge in [-0.1, -0.05) is 43.3 Å². The van der Waals surface area contributed by atoms with Crippen molar-refractivity contribution in [2.24, 2.45) is 16.5 Å². The summed E-state index contributed by atoms with van der Waals surface area (Å²) in [5, 5.41) is 191. The number of carbonyl (C=O) groups excluding carboxylic acids is 4. The number of nitrogens with zero attached hydrogens (tertiary/aromatic N) is 2. The van der Waals surface area contributed by atoms with Crippen LogP contribution in [0.25, 0.3) is 0 Å². The number of rotatable bonds is 17. The van der Waals surface area contributed by atoms with Crippen LogP contribution in [0.5, 0.6) is 5.75 Å². The number of halogens is 1. The minimum absolute atomic E-state index is 0.0609. The zero-order valence-corrected chi connectivity index (χ0v) is 50.5. The van der Waals surface area contributed by atoms with Gasteiger partial charge in [0.2, 0.25) is 36.1 Å². The summed E-state index contributed by atoms with van der Waals surface area (Å²) in [5.41, 5.74) is 12.9. The van der Waals surface area contributed by atoms with Gasteiger partial charge < -0.3 is 127 Å². The molecule has 2 aromatic carbocycles. The Kier molecular flexibility index (Phi) is 24.0. The second kappa shape index (κ2) is 31.1. The van der Waals surface area contributed by atoms with E-state index in [2.05, 4.69) is 62.8 Å². The molecule has 6 aliphatic rings. The molecule has 4 amide bonds. The van der Waals surface area contributed by atoms with Crippen molar-refractivity contribution in [1.82, 2.24) is 31.9 Å². The molecule has 37 nitrogen and oxygen atoms in total. The summed E-state index contributed by atoms with van der Waals surface area (Å²) in [7, 11) is 0. The standard InChI is InChI=1S/C54H77BrN12O25/c1-18(20-5-3-2-4-6-20)31-47(85)61-22(10-19-7-8-26(21(55)9-19)89-51-43(82)40(79)44(29(17-71)91-51)92-52-42(81)39(78)37(76)28(16-70)90-52)46(84)65-32(34(73)23-11-59-53(56)63-23)49(87)66-33(48(86)62-24(14-68)45(83)58-13-30(72)64-31)35(74)25-12-60-54(57)67(25)50-41(80)38(77)36(75)27(15-69)88-50/h2-9,18,22-25,27-29,31-44,50-52,68-71,73-82H,10-17H2,1H3,(H11,56,57,58,59,60,61,62,63,64,65,66,72,83,84,85,86,87)/p+2/t18-,22-,23+,24?,25+,27+,28+,29-,31-,32+,33-,34-,35-,36+,37+,38+,39+,40+,41+,42+,43-,44-,50-,51+,52+/m1/s1. The zero-order valence-electron chi connectivity index (χ0n) is 48.9. The third kappa shape index (κ3) is 15.8. The van der Waals surface area contributed by atoms with Crippen molar-refractivity contribution in [2.75, 3.05) is 46.1 Å². The Morgan fingerprint density at radius 2 is 1.29 bits per heavy atom. The molecule has 6 heterocycles. The highest BCUT2D eigenvalue weighted by molar-refractivity contribution is 9.10. The highest BCUT2D eigenvalue weighted by Gasteiger charge is 2.55. The summed E-state index contributed by atoms with van der Waals surface area (Å²) < 4.78 is 29.5. The van der Waals surface area contributed by atoms with E-state index in [-0.39, 0.29) is 34.2 Å². The molecule has 0 spiro atoms. The van der Waals surface area contributed by atoms with E-state index in [4.69, 9.17) is 35.2 Å². The number of guanidine groups is 2. The minimum Gasteiger partial charge on any atom is -0.858 e. The number of aliphatic imine (C=N–C) groups is 1. The van der Waals surface area contributed by atoms with Gasteiger partial charge in [-0.2, -0.15) is 0 Å². The molecule has 2 aromatic rings. The Morgan fingerprint density at radius 1 is 0.696 bits per heavy atom. The van der Waals surface area contributed by atoms with Crippen LogP contribution in [0.15, 0.2) is 58.0 Å². The first-order valence-corrected chi connectivity index (χ1v) is 29.9. The molecule has 510 valence electrons. The molecular formula is C54H79BrN12O25+2. The molecule has 0 bridgehead atoms. The van der Waals surface area contributed by atoms with Crippen LogP contribution in [0, 0.1) is 0 Å². The van der Waals surface area contributed by atoms with Crippen molar-refractivity contribution in [3.05, 3.63) is 64.1 Å². The Labute approximate surface area is 530 Å². The number of hydrogen-bond acceptors (Lipinski definition) is 29. The molecule has 0 radical (unpaired) electrons. The second-order valence-corrected chi connectivity index (χ2v) is 23.6. The fourth-order valence-corrected chi connectivity index (χ4v) is 11.8. The van der Waals surface area contributed by atoms with E-state index < -0.39 is 234 Å². The van der Waals surface area contributed by atoms with Gasteiger partial charge in [-0.25, -0.2) is 9.57 Å². The normalized spacial score (nSPS) is 37.3. The molecule has 27 N–H and O–H groups in total. The van der Waals surface area contributed by atoms with Gasteiger partial charge >= 0.3 is 17.8 Å². The number of nitrogens with one attached hydrogen (secondary N) is 8. The fraction of sp³-hybridized carbons (Fsp3) is 0.630. The minimum atomic E-state index is -2.30. The maximum absolute atomic E-state index is 15.2. The SMILES string of the molecule is C[C@H](c1ccccc1)[C@H]1N=C([O-])C[NH+]=C(O)C(CO)NC(=O)[C@@H]([C@H](O)[C@@H]2CNC(N)=[N+]2[C@@H]2O[C@@H](CO)[C@H](O)[C@H](O)[C@@H]2O)NC(=O)[C@H]([C@H](O)[C@@H]2C[NH+]=C(N)N2)NC(=O)[C@@H](Cc2ccc(O[C@H]3O[C@H](CO)[C@@H](O[C@@H]4O[C@@H](CO)[C@H](O)[C@H](O)[C@@H]4O)[C@@H](O)[C@H]3O)c(Br)c2)NC1=O. The molecule has 92 heavy (non-hydrogen) atoms. The van der Waals surface area contributed by atoms with Gasteiger partial charge in [-0.15, -0.1) is 0 Å². The predicted octanol–water partition coefficient (Wildman–Crippen LogP) is -16.9. The summed E-state index contributed by atoms with van der Waals surface area (Å²) in [6.45, 7) is -3.66. The monoisotopic (exact) mass is 1370 g/mol. The number of nitrogens with two attached hydrogens (primary N) is 2. The van der Waals surface area contributed by atoms with E-state index in [1.807, 2.05) is 0 Å². The number of ether oxygens (including phenoxy) is 5. The van der Waals surface area contributed by atoms with Crippen molar-refractivity contribution < 1.29 is 139 Å². The van der Waals surface area contributed by atoms with E-state index in [0.29, 0.717) is 5.56 Å². The molecule has 0 aliphatic carbocycles. The Hall–Kier alpha value is -6.64. The average Bonchev–Trinajstić information content (AvgIpc) is 1.43. The van der Waals surface area contributed by atoms with E-state index in [0.717, 1.165) is 4.58 Å². The smallest absolute Gasteiger partial charge is 0.358 e. The van der Waals surface area contributed by atoms with Gasteiger partial charge in [0.1, 0.15) is 134 Å². The summed E-state index contributed by atoms with van der Waals surface area (Å²) in [6.07, 6.45) is -31.7. The Morgan fingerprint density at radius 3 is 1.92 bits per heavy atom. The number of amides is 4. The van der Waals surface area contributed by atoms with Crippen molar-refractivity contribution >= 4 is 63.3 Å². The van der Waals surface area contributed by atoms with Gasteiger partial charge in [0.15, 0.2) is 18.9 Å². The van der Waals surface area contributed by atoms with E-state index >= 15 is 9.59 Å². The summed E-state index contributed by atoms with van der Waals surface area (Å²) in [6, 6.07) is -0.370. The molecule has 3 saturated heterocycles. The lowest BCUT2D eigenvalue weighted by molar-refractivity contribution is -0.663. The molecule has 25 atom stereocenters. The van der Waals surface area contributed by atoms with Gasteiger partial charge in [0.25, 0.3) is 0 Å². The maximum Gasteiger partial charge on any atom is 0.358 e. The Balaban J connectivity index is 1.14. The van der Waals surface area contributed by atoms with Crippen LogP contribution in [0.1, 0.15) is 24.0 Å². The first-order chi connectivity index (χ1) is 43.7. The quantitative estimate of drug-likeness (QED) is 0.0654. The van der Waals surface area contributed by atoms with Crippen LogP contribution < -0.4 is 63.2 Å². The third-order valence-corrected chi connectivity index (χ3v) is 17.3. The average molecular weight is 1380 g/mol. The maximum atomic E-state index is 15.2. The molecule has 38 heteroatoms. The molecule has 0 saturated carbocycles. The third-order valence-electron chi connectivity index (χ3n) is 16.6. The predicted molar refractivity (Wildman–Crippen MR) is 308 cm³/mol. The van der Waals surface area contributed by atoms with Gasteiger partial charge in [-0.3, -0.25) is 51.3 Å². The largest absolute Gasteiger partial charge is 0.858 e. The summed E-state index contributed by atoms with van der Waals surface area (Å²) >= 11 is 3.38. The lowest BCUT2D eigenvalue weighted by Gasteiger charge is -2.45. The first kappa shape index (κ1) is 71.2. The lowest BCUT2D eigenvalue weighted by Crippen LogP contribution is -2.80. The fourth-order valence-electron chi connectivity index (χ4n) is 11.3. The van der Waals surface area contributed by atoms with Crippen LogP contribution in [0.4, 0.5) is 0 Å². The van der Waals surface area contributed by atoms with E-state index in [9.17, 15) is 91.3 Å². The molecule has 8 rings (SSSR count). The van der Waals surface area contributed by atoms with Crippen molar-refractivity contribution in [2.45, 2.75) is 166 Å². The molecule has 3 fully saturated rings. The zero-order chi connectivity index (χ0) is 67.2. The number of benzene rings is 2. The second-order valence-electron chi connectivity index (χ2n) is 22.8. The van der Waals surface area contributed by atoms with E-state index in [1.54, 1.807) is 37.3 Å². The number of aliphatic hydroxyl groups is 15. The summed E-state index contributed by atoms with van der Waals surface area (Å²) in [5.74, 6) is -8.64. The Bertz CT molecular complexity index is 3030. The molecule has 0 aromatic heterocycles. The number of carbonyl (C=O) groups is 4. The van der Waals surface area contributed by atoms with Gasteiger partial charge in [-0.05, 0) is 39.2 Å². The topological polar surface area (TPSA) is 608 Å². The molecule has 6 aliphatic heterocycles. The van der Waals surface area contributed by atoms with E-state index in [1.165, 1.54) is 18.2 Å². The summed E-state index contributed by atoms with van der Waals surface area (Å²) in [4.78, 5) is 69.0. The highest BCUT2D eigenvalue weighted by atomic mass is 79.9. The lowest BCUT2D eigenvalue weighted by atomic mass is 9.92. The first-order valence-electron chi connectivity index (χ1n) is 29.1. The highest BCUT2D eigenvalue weighted by Crippen LogP contribution is 2.34. The van der Waals surface area contributed by atoms with Crippen LogP contribution in [-0.2, 0) is 44.5 Å². The van der Waals surface area contributed by atoms with Gasteiger partial charge in [0, 0.05) is 18.2 Å². The van der Waals surface area contributed by atoms with Crippen molar-refractivity contribution in [3.63, 3.8) is 0 Å². The van der Waals surface area contributed by atoms with Crippen LogP contribution in [0.2, 0.25) is 0 Å². The van der Waals surface area contributed by atoms with Crippen LogP contribution in [0.3, 0.4) is 0 Å². The van der Waals surface area contributed by atoms with Crippen LogP contribution in [-0.4, -0.2) is 321 Å². The van der Waals surface area contributed by atoms with Crippen molar-refractivity contribution in [1.29, 1.82) is 0 Å².